The lowest BCUT2D eigenvalue weighted by atomic mass is 9.94. The van der Waals surface area contributed by atoms with Crippen molar-refractivity contribution in [3.63, 3.8) is 0 Å². The van der Waals surface area contributed by atoms with Crippen LogP contribution in [0, 0.1) is 5.41 Å². The maximum absolute atomic E-state index is 16.0. The Bertz CT molecular complexity index is 2120. The molecule has 4 aliphatic rings. The summed E-state index contributed by atoms with van der Waals surface area (Å²) in [5.74, 6) is -4.05. The molecule has 3 aliphatic heterocycles. The Balaban J connectivity index is 1.15. The van der Waals surface area contributed by atoms with Crippen molar-refractivity contribution in [3.8, 4) is 0 Å². The van der Waals surface area contributed by atoms with Gasteiger partial charge in [-0.05, 0) is 0 Å². The lowest BCUT2D eigenvalue weighted by molar-refractivity contribution is -0.0686. The van der Waals surface area contributed by atoms with Gasteiger partial charge < -0.3 is 30.7 Å². The van der Waals surface area contributed by atoms with Crippen LogP contribution < -0.4 is 17.0 Å². The highest BCUT2D eigenvalue weighted by Gasteiger charge is 2.84. The number of nitrogens with two attached hydrogens (primary N) is 2. The van der Waals surface area contributed by atoms with Crippen LogP contribution in [0.25, 0.3) is 22.3 Å². The van der Waals surface area contributed by atoms with Gasteiger partial charge in [-0.1, -0.05) is 5.21 Å². The largest absolute Gasteiger partial charge is 0.472 e. The predicted octanol–water partition coefficient (Wildman–Crippen LogP) is -0.305. The number of nitrogen functional groups attached to an aromatic ring is 2. The fourth-order valence-electron chi connectivity index (χ4n) is 6.25. The summed E-state index contributed by atoms with van der Waals surface area (Å²) in [4.78, 5) is 51.6. The summed E-state index contributed by atoms with van der Waals surface area (Å²) in [6.07, 6.45) is -12.3. The average Bonchev–Trinajstić information content (AvgIpc) is 3.49. The number of halogens is 3. The predicted molar refractivity (Wildman–Crippen MR) is 146 cm³/mol. The fourth-order valence-corrected chi connectivity index (χ4v) is 8.17. The van der Waals surface area contributed by atoms with Gasteiger partial charge in [0.15, 0.2) is 41.3 Å². The van der Waals surface area contributed by atoms with E-state index in [2.05, 4.69) is 35.2 Å². The SMILES string of the molecule is Nc1nc2c(nnn2[C@@H]2O[C@@H]3COP(=O)(O)O[C@H]4[C@H](n5cnc6c(N)ncnc65)O[C@H](COP(=O)(O)O[C@H]3[C@H]2F)[C@@]42CC2(F)F)c(=O)[nH]1. The highest BCUT2D eigenvalue weighted by molar-refractivity contribution is 7.47. The molecule has 4 aromatic rings. The average molecular weight is 723 g/mol. The number of hydrogen-bond donors (Lipinski definition) is 5. The Morgan fingerprint density at radius 1 is 1.00 bits per heavy atom. The third-order valence-corrected chi connectivity index (χ3v) is 10.5. The summed E-state index contributed by atoms with van der Waals surface area (Å²) in [5.41, 5.74) is 7.54. The zero-order chi connectivity index (χ0) is 34.0. The second-order valence-corrected chi connectivity index (χ2v) is 14.1. The number of phosphoric acid groups is 2. The first-order valence-electron chi connectivity index (χ1n) is 13.8. The Morgan fingerprint density at radius 2 is 1.73 bits per heavy atom. The topological polar surface area (TPSA) is 302 Å². The van der Waals surface area contributed by atoms with Crippen LogP contribution in [-0.2, 0) is 36.7 Å². The standard InChI is InChI=1S/C21H22F3N11O11P2/c22-8-11-6(43-17(8)35-15-10(32-33-35)16(36)31-19(26)30-15)1-41-48(39,40)46-12-18(34-5-29-9-13(25)27-4-28-14(9)34)44-7(2-42-47(37,38)45-11)20(12)3-21(20,23)24/h4-8,11-12,17-18H,1-3H2,(H,37,38)(H,39,40)(H2,25,27,28)(H3,26,30,31,36)/t6-,7-,8-,11-,12+,17-,18-,20+/m1/s1. The van der Waals surface area contributed by atoms with Crippen LogP contribution in [0.3, 0.4) is 0 Å². The van der Waals surface area contributed by atoms with Gasteiger partial charge in [0.1, 0.15) is 30.2 Å². The Morgan fingerprint density at radius 3 is 2.48 bits per heavy atom. The van der Waals surface area contributed by atoms with Crippen molar-refractivity contribution in [2.75, 3.05) is 24.7 Å². The monoisotopic (exact) mass is 723 g/mol. The first kappa shape index (κ1) is 31.6. The van der Waals surface area contributed by atoms with E-state index in [0.29, 0.717) is 4.68 Å². The maximum Gasteiger partial charge on any atom is 0.472 e. The van der Waals surface area contributed by atoms with Gasteiger partial charge in [0.05, 0.1) is 31.1 Å². The van der Waals surface area contributed by atoms with E-state index >= 15 is 13.2 Å². The van der Waals surface area contributed by atoms with Crippen LogP contribution in [0.1, 0.15) is 18.9 Å². The molecule has 0 amide bonds. The molecule has 3 saturated heterocycles. The molecule has 0 radical (unpaired) electrons. The molecule has 4 fully saturated rings. The summed E-state index contributed by atoms with van der Waals surface area (Å²) in [7, 11) is -10.7. The van der Waals surface area contributed by atoms with Gasteiger partial charge in [0.25, 0.3) is 11.5 Å². The van der Waals surface area contributed by atoms with Crippen LogP contribution in [-0.4, -0.2) is 104 Å². The van der Waals surface area contributed by atoms with Crippen molar-refractivity contribution in [1.29, 1.82) is 0 Å². The number of fused-ring (bicyclic) bond motifs is 3. The number of aromatic nitrogens is 9. The number of rotatable bonds is 2. The summed E-state index contributed by atoms with van der Waals surface area (Å²) in [6.45, 7) is -2.13. The van der Waals surface area contributed by atoms with E-state index in [-0.39, 0.29) is 34.1 Å². The number of phosphoric ester groups is 2. The van der Waals surface area contributed by atoms with E-state index in [1.807, 2.05) is 0 Å². The summed E-state index contributed by atoms with van der Waals surface area (Å²) >= 11 is 0. The molecule has 7 N–H and O–H groups in total. The van der Waals surface area contributed by atoms with Gasteiger partial charge in [0.2, 0.25) is 5.95 Å². The molecule has 4 aromatic heterocycles. The molecule has 1 aliphatic carbocycles. The van der Waals surface area contributed by atoms with E-state index in [0.717, 1.165) is 17.2 Å². The normalized spacial score (nSPS) is 39.6. The molecule has 48 heavy (non-hydrogen) atoms. The molecule has 8 rings (SSSR count). The molecule has 1 saturated carbocycles. The molecule has 27 heteroatoms. The minimum atomic E-state index is -5.38. The van der Waals surface area contributed by atoms with Crippen molar-refractivity contribution in [2.24, 2.45) is 5.41 Å². The number of imidazole rings is 1. The fraction of sp³-hybridized carbons (Fsp3) is 0.571. The number of hydrogen-bond acceptors (Lipinski definition) is 17. The van der Waals surface area contributed by atoms with Crippen LogP contribution in [0.4, 0.5) is 24.9 Å². The molecule has 7 heterocycles. The Labute approximate surface area is 262 Å². The number of ether oxygens (including phenoxy) is 2. The molecule has 10 atom stereocenters. The summed E-state index contributed by atoms with van der Waals surface area (Å²) < 4.78 is 107. The quantitative estimate of drug-likeness (QED) is 0.166. The number of nitrogens with zero attached hydrogens (tertiary/aromatic N) is 8. The van der Waals surface area contributed by atoms with Gasteiger partial charge in [-0.15, -0.1) is 5.10 Å². The van der Waals surface area contributed by atoms with E-state index < -0.39 is 95.2 Å². The molecule has 1 spiro atoms. The summed E-state index contributed by atoms with van der Waals surface area (Å²) in [6, 6.07) is 0. The smallest absolute Gasteiger partial charge is 0.382 e. The van der Waals surface area contributed by atoms with Crippen LogP contribution >= 0.6 is 15.6 Å². The minimum absolute atomic E-state index is 0.0196. The van der Waals surface area contributed by atoms with Crippen molar-refractivity contribution in [1.82, 2.24) is 44.5 Å². The van der Waals surface area contributed by atoms with E-state index in [9.17, 15) is 23.7 Å². The van der Waals surface area contributed by atoms with E-state index in [4.69, 9.17) is 39.0 Å². The van der Waals surface area contributed by atoms with Gasteiger partial charge in [0, 0.05) is 6.42 Å². The number of aromatic amines is 1. The van der Waals surface area contributed by atoms with Crippen LogP contribution in [0.5, 0.6) is 0 Å². The molecule has 2 unspecified atom stereocenters. The number of alkyl halides is 3. The highest BCUT2D eigenvalue weighted by Crippen LogP contribution is 2.73. The number of H-pyrrole nitrogens is 1. The molecule has 2 bridgehead atoms. The van der Waals surface area contributed by atoms with Crippen molar-refractivity contribution in [3.05, 3.63) is 23.0 Å². The van der Waals surface area contributed by atoms with Crippen molar-refractivity contribution >= 4 is 49.7 Å². The maximum atomic E-state index is 16.0. The van der Waals surface area contributed by atoms with E-state index in [1.54, 1.807) is 0 Å². The van der Waals surface area contributed by atoms with Gasteiger partial charge in [-0.3, -0.25) is 32.4 Å². The minimum Gasteiger partial charge on any atom is -0.382 e. The number of nitrogens with one attached hydrogen (secondary N) is 1. The second-order valence-electron chi connectivity index (χ2n) is 11.3. The first-order chi connectivity index (χ1) is 22.6. The third-order valence-electron chi connectivity index (χ3n) is 8.53. The lowest BCUT2D eigenvalue weighted by Crippen LogP contribution is -2.37. The molecular formula is C21H22F3N11O11P2. The lowest BCUT2D eigenvalue weighted by Gasteiger charge is -2.27. The zero-order valence-electron chi connectivity index (χ0n) is 23.6. The van der Waals surface area contributed by atoms with Crippen LogP contribution in [0.2, 0.25) is 0 Å². The molecule has 22 nitrogen and oxygen atoms in total. The van der Waals surface area contributed by atoms with Gasteiger partial charge in [-0.25, -0.2) is 37.3 Å². The Kier molecular flexibility index (Phi) is 6.87. The first-order valence-corrected chi connectivity index (χ1v) is 16.8. The van der Waals surface area contributed by atoms with E-state index in [1.165, 1.54) is 0 Å². The van der Waals surface area contributed by atoms with Gasteiger partial charge >= 0.3 is 15.6 Å². The van der Waals surface area contributed by atoms with Gasteiger partial charge in [-0.2, -0.15) is 9.67 Å². The molecule has 0 aromatic carbocycles. The molecule has 258 valence electrons. The summed E-state index contributed by atoms with van der Waals surface area (Å²) in [5, 5.41) is 7.29. The molecular weight excluding hydrogens is 701 g/mol. The highest BCUT2D eigenvalue weighted by atomic mass is 31.2. The zero-order valence-corrected chi connectivity index (χ0v) is 25.4. The van der Waals surface area contributed by atoms with Crippen molar-refractivity contribution in [2.45, 2.75) is 55.4 Å². The third kappa shape index (κ3) is 4.76. The Hall–Kier alpha value is -3.64. The second kappa shape index (κ2) is 10.4. The van der Waals surface area contributed by atoms with Crippen LogP contribution in [0.15, 0.2) is 17.4 Å². The van der Waals surface area contributed by atoms with Crippen molar-refractivity contribution < 1.29 is 59.7 Å². The number of anilines is 2.